The van der Waals surface area contributed by atoms with E-state index >= 15 is 0 Å². The molecule has 0 aliphatic rings. The van der Waals surface area contributed by atoms with Gasteiger partial charge in [-0.15, -0.1) is 0 Å². The third kappa shape index (κ3) is 4.50. The van der Waals surface area contributed by atoms with Gasteiger partial charge in [-0.3, -0.25) is 10.1 Å². The fraction of sp³-hybridized carbons (Fsp3) is 0.294. The number of benzene rings is 2. The molecule has 140 valence electrons. The van der Waals surface area contributed by atoms with Crippen molar-refractivity contribution in [3.05, 3.63) is 57.6 Å². The lowest BCUT2D eigenvalue weighted by Crippen LogP contribution is -2.23. The molecular weight excluding hydrogens is 360 g/mol. The number of hydrogen-bond donors (Lipinski definition) is 1. The number of nitro groups is 1. The standard InChI is InChI=1S/C17H20N2O6S/c1-4-25-17-9-13(6-8-16(17)24-3)11-18-26(22,23)14-7-5-12(2)15(10-14)19(20)21/h5-10,18H,4,11H2,1-3H3. The van der Waals surface area contributed by atoms with Crippen molar-refractivity contribution in [1.29, 1.82) is 0 Å². The van der Waals surface area contributed by atoms with Crippen LogP contribution < -0.4 is 14.2 Å². The Morgan fingerprint density at radius 3 is 2.50 bits per heavy atom. The summed E-state index contributed by atoms with van der Waals surface area (Å²) < 4.78 is 38.0. The summed E-state index contributed by atoms with van der Waals surface area (Å²) in [5, 5.41) is 11.0. The van der Waals surface area contributed by atoms with Crippen LogP contribution in [0.25, 0.3) is 0 Å². The van der Waals surface area contributed by atoms with Crippen LogP contribution in [0.1, 0.15) is 18.1 Å². The minimum atomic E-state index is -3.90. The summed E-state index contributed by atoms with van der Waals surface area (Å²) in [6, 6.07) is 8.88. The molecule has 0 saturated carbocycles. The van der Waals surface area contributed by atoms with Crippen LogP contribution in [0.15, 0.2) is 41.3 Å². The van der Waals surface area contributed by atoms with Crippen LogP contribution in [0.2, 0.25) is 0 Å². The minimum Gasteiger partial charge on any atom is -0.493 e. The Bertz CT molecular complexity index is 911. The highest BCUT2D eigenvalue weighted by Gasteiger charge is 2.19. The third-order valence-electron chi connectivity index (χ3n) is 3.68. The molecule has 0 atom stereocenters. The maximum absolute atomic E-state index is 12.4. The second kappa shape index (κ2) is 8.15. The van der Waals surface area contributed by atoms with Gasteiger partial charge in [-0.25, -0.2) is 13.1 Å². The molecule has 0 spiro atoms. The molecule has 2 aromatic rings. The van der Waals surface area contributed by atoms with Crippen LogP contribution in [-0.4, -0.2) is 27.1 Å². The SMILES string of the molecule is CCOc1cc(CNS(=O)(=O)c2ccc(C)c([N+](=O)[O-])c2)ccc1OC. The molecule has 0 saturated heterocycles. The van der Waals surface area contributed by atoms with Crippen LogP contribution in [0.4, 0.5) is 5.69 Å². The normalized spacial score (nSPS) is 11.2. The zero-order valence-corrected chi connectivity index (χ0v) is 15.5. The number of nitrogens with zero attached hydrogens (tertiary/aromatic N) is 1. The van der Waals surface area contributed by atoms with Gasteiger partial charge in [0, 0.05) is 18.2 Å². The Morgan fingerprint density at radius 1 is 1.15 bits per heavy atom. The maximum atomic E-state index is 12.4. The van der Waals surface area contributed by atoms with Crippen LogP contribution >= 0.6 is 0 Å². The van der Waals surface area contributed by atoms with Gasteiger partial charge in [-0.2, -0.15) is 0 Å². The number of nitrogens with one attached hydrogen (secondary N) is 1. The van der Waals surface area contributed by atoms with Crippen LogP contribution in [-0.2, 0) is 16.6 Å². The fourth-order valence-electron chi connectivity index (χ4n) is 2.31. The lowest BCUT2D eigenvalue weighted by molar-refractivity contribution is -0.385. The number of hydrogen-bond acceptors (Lipinski definition) is 6. The van der Waals surface area contributed by atoms with E-state index < -0.39 is 14.9 Å². The van der Waals surface area contributed by atoms with Crippen molar-refractivity contribution < 1.29 is 22.8 Å². The van der Waals surface area contributed by atoms with Gasteiger partial charge in [-0.1, -0.05) is 12.1 Å². The Morgan fingerprint density at radius 2 is 1.88 bits per heavy atom. The quantitative estimate of drug-likeness (QED) is 0.557. The summed E-state index contributed by atoms with van der Waals surface area (Å²) in [6.07, 6.45) is 0. The largest absolute Gasteiger partial charge is 0.493 e. The van der Waals surface area contributed by atoms with Gasteiger partial charge in [0.1, 0.15) is 0 Å². The Labute approximate surface area is 152 Å². The Hall–Kier alpha value is -2.65. The zero-order valence-electron chi connectivity index (χ0n) is 14.7. The molecular formula is C17H20N2O6S. The van der Waals surface area contributed by atoms with Crippen LogP contribution in [0.5, 0.6) is 11.5 Å². The van der Waals surface area contributed by atoms with Crippen molar-refractivity contribution in [2.45, 2.75) is 25.3 Å². The van der Waals surface area contributed by atoms with E-state index in [4.69, 9.17) is 9.47 Å². The number of rotatable bonds is 8. The van der Waals surface area contributed by atoms with Crippen molar-refractivity contribution in [1.82, 2.24) is 4.72 Å². The van der Waals surface area contributed by atoms with Gasteiger partial charge in [0.15, 0.2) is 11.5 Å². The molecule has 2 aromatic carbocycles. The van der Waals surface area contributed by atoms with E-state index in [1.165, 1.54) is 19.2 Å². The van der Waals surface area contributed by atoms with Gasteiger partial charge >= 0.3 is 0 Å². The number of ether oxygens (including phenoxy) is 2. The first kappa shape index (κ1) is 19.7. The number of methoxy groups -OCH3 is 1. The van der Waals surface area contributed by atoms with E-state index in [1.807, 2.05) is 6.92 Å². The number of sulfonamides is 1. The van der Waals surface area contributed by atoms with Crippen molar-refractivity contribution in [2.24, 2.45) is 0 Å². The predicted octanol–water partition coefficient (Wildman–Crippen LogP) is 2.79. The average Bonchev–Trinajstić information content (AvgIpc) is 2.60. The summed E-state index contributed by atoms with van der Waals surface area (Å²) in [5.74, 6) is 1.06. The van der Waals surface area contributed by atoms with Crippen molar-refractivity contribution in [3.63, 3.8) is 0 Å². The molecule has 0 heterocycles. The molecule has 0 bridgehead atoms. The van der Waals surface area contributed by atoms with E-state index in [0.29, 0.717) is 29.2 Å². The molecule has 2 rings (SSSR count). The molecule has 0 fully saturated rings. The fourth-order valence-corrected chi connectivity index (χ4v) is 3.35. The van der Waals surface area contributed by atoms with Crippen molar-refractivity contribution in [2.75, 3.05) is 13.7 Å². The first-order chi connectivity index (χ1) is 12.3. The topological polar surface area (TPSA) is 108 Å². The Kier molecular flexibility index (Phi) is 6.17. The van der Waals surface area contributed by atoms with Crippen LogP contribution in [0, 0.1) is 17.0 Å². The second-order valence-corrected chi connectivity index (χ2v) is 7.22. The average molecular weight is 380 g/mol. The molecule has 26 heavy (non-hydrogen) atoms. The summed E-state index contributed by atoms with van der Waals surface area (Å²) in [6.45, 7) is 3.83. The highest BCUT2D eigenvalue weighted by molar-refractivity contribution is 7.89. The maximum Gasteiger partial charge on any atom is 0.273 e. The third-order valence-corrected chi connectivity index (χ3v) is 5.08. The second-order valence-electron chi connectivity index (χ2n) is 5.45. The summed E-state index contributed by atoms with van der Waals surface area (Å²) >= 11 is 0. The van der Waals surface area contributed by atoms with Gasteiger partial charge in [0.05, 0.1) is 23.5 Å². The zero-order chi connectivity index (χ0) is 19.3. The number of aryl methyl sites for hydroxylation is 1. The van der Waals surface area contributed by atoms with E-state index in [1.54, 1.807) is 25.1 Å². The van der Waals surface area contributed by atoms with Gasteiger partial charge in [0.25, 0.3) is 5.69 Å². The molecule has 8 nitrogen and oxygen atoms in total. The summed E-state index contributed by atoms with van der Waals surface area (Å²) in [7, 11) is -2.38. The predicted molar refractivity (Wildman–Crippen MR) is 96.0 cm³/mol. The smallest absolute Gasteiger partial charge is 0.273 e. The van der Waals surface area contributed by atoms with Crippen LogP contribution in [0.3, 0.4) is 0 Å². The molecule has 0 unspecified atom stereocenters. The first-order valence-corrected chi connectivity index (χ1v) is 9.31. The molecule has 0 aliphatic carbocycles. The van der Waals surface area contributed by atoms with E-state index in [-0.39, 0.29) is 17.1 Å². The highest BCUT2D eigenvalue weighted by Crippen LogP contribution is 2.28. The lowest BCUT2D eigenvalue weighted by atomic mass is 10.2. The van der Waals surface area contributed by atoms with Gasteiger partial charge in [0.2, 0.25) is 10.0 Å². The molecule has 1 N–H and O–H groups in total. The molecule has 0 aromatic heterocycles. The molecule has 0 radical (unpaired) electrons. The van der Waals surface area contributed by atoms with Crippen molar-refractivity contribution >= 4 is 15.7 Å². The summed E-state index contributed by atoms with van der Waals surface area (Å²) in [5.41, 5.74) is 0.820. The monoisotopic (exact) mass is 380 g/mol. The number of nitro benzene ring substituents is 1. The molecule has 0 amide bonds. The first-order valence-electron chi connectivity index (χ1n) is 7.83. The van der Waals surface area contributed by atoms with Gasteiger partial charge < -0.3 is 9.47 Å². The van der Waals surface area contributed by atoms with Gasteiger partial charge in [-0.05, 0) is 37.6 Å². The Balaban J connectivity index is 2.22. The summed E-state index contributed by atoms with van der Waals surface area (Å²) in [4.78, 5) is 10.2. The molecule has 0 aliphatic heterocycles. The van der Waals surface area contributed by atoms with E-state index in [0.717, 1.165) is 6.07 Å². The lowest BCUT2D eigenvalue weighted by Gasteiger charge is -2.12. The van der Waals surface area contributed by atoms with E-state index in [2.05, 4.69) is 4.72 Å². The highest BCUT2D eigenvalue weighted by atomic mass is 32.2. The van der Waals surface area contributed by atoms with E-state index in [9.17, 15) is 18.5 Å². The molecule has 9 heteroatoms. The van der Waals surface area contributed by atoms with Crippen molar-refractivity contribution in [3.8, 4) is 11.5 Å². The minimum absolute atomic E-state index is 0.00801.